The summed E-state index contributed by atoms with van der Waals surface area (Å²) in [7, 11) is 0. The molecule has 0 aromatic heterocycles. The molecule has 12 heavy (non-hydrogen) atoms. The third-order valence-corrected chi connectivity index (χ3v) is 0.972. The number of rotatable bonds is 4. The van der Waals surface area contributed by atoms with E-state index in [0.717, 1.165) is 0 Å². The van der Waals surface area contributed by atoms with Crippen molar-refractivity contribution in [3.8, 4) is 0 Å². The van der Waals surface area contributed by atoms with Gasteiger partial charge in [0.2, 0.25) is 0 Å². The number of nitroso groups, excluding NO2 is 3. The van der Waals surface area contributed by atoms with Gasteiger partial charge in [-0.05, 0) is 0 Å². The van der Waals surface area contributed by atoms with Crippen LogP contribution in [0.5, 0.6) is 0 Å². The van der Waals surface area contributed by atoms with Gasteiger partial charge in [0.15, 0.2) is 6.04 Å². The van der Waals surface area contributed by atoms with E-state index >= 15 is 0 Å². The van der Waals surface area contributed by atoms with Crippen molar-refractivity contribution >= 4 is 11.8 Å². The molecule has 0 aliphatic heterocycles. The average molecular weight is 173 g/mol. The number of hydrogen-bond donors (Lipinski definition) is 0. The zero-order valence-corrected chi connectivity index (χ0v) is 5.67. The first-order valence-electron chi connectivity index (χ1n) is 2.71. The Morgan fingerprint density at radius 2 is 1.67 bits per heavy atom. The Bertz CT molecular complexity index is 237. The van der Waals surface area contributed by atoms with E-state index in [4.69, 9.17) is 0 Å². The fraction of sp³-hybridized carbons (Fsp3) is 0.500. The third kappa shape index (κ3) is 2.82. The summed E-state index contributed by atoms with van der Waals surface area (Å²) in [5, 5.41) is 5.91. The summed E-state index contributed by atoms with van der Waals surface area (Å²) in [6, 6.07) is -1.73. The standard InChI is InChI=1S/C4H3N3O5/c8-3(6-11)1-2(5-10)4(9)7-12/h2H,1H2/t2-/m0/s1. The molecule has 0 saturated carbocycles. The van der Waals surface area contributed by atoms with Crippen LogP contribution in [0.1, 0.15) is 6.42 Å². The number of nitrogens with zero attached hydrogens (tertiary/aromatic N) is 3. The minimum Gasteiger partial charge on any atom is -0.269 e. The van der Waals surface area contributed by atoms with Crippen molar-refractivity contribution in [3.63, 3.8) is 0 Å². The lowest BCUT2D eigenvalue weighted by Gasteiger charge is -1.95. The van der Waals surface area contributed by atoms with Crippen LogP contribution in [0.4, 0.5) is 0 Å². The molecule has 8 nitrogen and oxygen atoms in total. The van der Waals surface area contributed by atoms with Gasteiger partial charge in [0.1, 0.15) is 0 Å². The largest absolute Gasteiger partial charge is 0.314 e. The zero-order chi connectivity index (χ0) is 9.56. The first kappa shape index (κ1) is 10.1. The zero-order valence-electron chi connectivity index (χ0n) is 5.67. The molecule has 0 aromatic carbocycles. The Kier molecular flexibility index (Phi) is 4.12. The molecule has 0 aromatic rings. The number of carbonyl (C=O) groups is 2. The summed E-state index contributed by atoms with van der Waals surface area (Å²) in [4.78, 5) is 49.4. The van der Waals surface area contributed by atoms with Crippen LogP contribution >= 0.6 is 0 Å². The molecule has 0 rings (SSSR count). The van der Waals surface area contributed by atoms with Crippen LogP contribution in [0.15, 0.2) is 15.5 Å². The first-order chi connectivity index (χ1) is 5.65. The molecule has 0 aliphatic carbocycles. The highest BCUT2D eigenvalue weighted by Crippen LogP contribution is 2.01. The fourth-order valence-corrected chi connectivity index (χ4v) is 0.433. The molecule has 0 N–H and O–H groups in total. The molecule has 0 bridgehead atoms. The Labute approximate surface area is 65.2 Å². The SMILES string of the molecule is O=NC(=O)C[C@H](N=O)C(=O)N=O. The second-order valence-corrected chi connectivity index (χ2v) is 1.74. The van der Waals surface area contributed by atoms with Crippen LogP contribution < -0.4 is 0 Å². The van der Waals surface area contributed by atoms with Crippen molar-refractivity contribution in [2.24, 2.45) is 15.5 Å². The van der Waals surface area contributed by atoms with Gasteiger partial charge in [-0.1, -0.05) is 5.18 Å². The van der Waals surface area contributed by atoms with Crippen LogP contribution in [-0.2, 0) is 9.59 Å². The van der Waals surface area contributed by atoms with E-state index in [0.29, 0.717) is 0 Å². The van der Waals surface area contributed by atoms with Crippen molar-refractivity contribution in [1.82, 2.24) is 0 Å². The van der Waals surface area contributed by atoms with E-state index in [2.05, 4.69) is 5.18 Å². The molecule has 0 aliphatic rings. The summed E-state index contributed by atoms with van der Waals surface area (Å²) in [5.41, 5.74) is 0. The minimum absolute atomic E-state index is 0.808. The molecule has 0 radical (unpaired) electrons. The first-order valence-corrected chi connectivity index (χ1v) is 2.71. The maximum atomic E-state index is 10.3. The lowest BCUT2D eigenvalue weighted by atomic mass is 10.2. The van der Waals surface area contributed by atoms with Crippen LogP contribution in [0, 0.1) is 14.7 Å². The Morgan fingerprint density at radius 1 is 1.08 bits per heavy atom. The highest BCUT2D eigenvalue weighted by atomic mass is 16.3. The van der Waals surface area contributed by atoms with Gasteiger partial charge in [0.25, 0.3) is 5.91 Å². The normalized spacial score (nSPS) is 11.3. The molecule has 0 fully saturated rings. The van der Waals surface area contributed by atoms with Gasteiger partial charge in [-0.3, -0.25) is 9.59 Å². The second kappa shape index (κ2) is 4.88. The van der Waals surface area contributed by atoms with Crippen molar-refractivity contribution in [1.29, 1.82) is 0 Å². The van der Waals surface area contributed by atoms with Crippen LogP contribution in [0.25, 0.3) is 0 Å². The molecule has 2 amide bonds. The average Bonchev–Trinajstić information content (AvgIpc) is 2.12. The minimum atomic E-state index is -1.73. The molecule has 0 spiro atoms. The molecule has 0 saturated heterocycles. The lowest BCUT2D eigenvalue weighted by molar-refractivity contribution is -0.124. The summed E-state index contributed by atoms with van der Waals surface area (Å²) in [6.07, 6.45) is -0.808. The van der Waals surface area contributed by atoms with Crippen LogP contribution in [0.2, 0.25) is 0 Å². The Morgan fingerprint density at radius 3 is 2.00 bits per heavy atom. The molecule has 0 unspecified atom stereocenters. The van der Waals surface area contributed by atoms with E-state index in [-0.39, 0.29) is 0 Å². The Hall–Kier alpha value is -1.86. The third-order valence-electron chi connectivity index (χ3n) is 0.972. The molecule has 64 valence electrons. The van der Waals surface area contributed by atoms with Crippen molar-refractivity contribution in [3.05, 3.63) is 14.7 Å². The molecule has 0 heterocycles. The van der Waals surface area contributed by atoms with E-state index in [1.54, 1.807) is 0 Å². The van der Waals surface area contributed by atoms with Crippen molar-refractivity contribution < 1.29 is 9.59 Å². The second-order valence-electron chi connectivity index (χ2n) is 1.74. The lowest BCUT2D eigenvalue weighted by Crippen LogP contribution is -2.18. The van der Waals surface area contributed by atoms with E-state index < -0.39 is 24.3 Å². The number of amides is 2. The predicted octanol–water partition coefficient (Wildman–Crippen LogP) is 0.0975. The van der Waals surface area contributed by atoms with Gasteiger partial charge >= 0.3 is 5.91 Å². The van der Waals surface area contributed by atoms with Crippen molar-refractivity contribution in [2.45, 2.75) is 12.5 Å². The van der Waals surface area contributed by atoms with Crippen LogP contribution in [-0.4, -0.2) is 17.9 Å². The molecular weight excluding hydrogens is 170 g/mol. The summed E-state index contributed by atoms with van der Waals surface area (Å²) in [6.45, 7) is 0. The Balaban J connectivity index is 4.26. The van der Waals surface area contributed by atoms with Gasteiger partial charge in [-0.25, -0.2) is 0 Å². The summed E-state index contributed by atoms with van der Waals surface area (Å²) in [5.74, 6) is -2.61. The number of carbonyl (C=O) groups excluding carboxylic acids is 2. The maximum absolute atomic E-state index is 10.3. The van der Waals surface area contributed by atoms with Gasteiger partial charge in [-0.15, -0.1) is 14.7 Å². The van der Waals surface area contributed by atoms with Gasteiger partial charge in [-0.2, -0.15) is 0 Å². The monoisotopic (exact) mass is 173 g/mol. The number of hydrogen-bond acceptors (Lipinski definition) is 6. The molecular formula is C4H3N3O5. The maximum Gasteiger partial charge on any atom is 0.314 e. The van der Waals surface area contributed by atoms with E-state index in [9.17, 15) is 24.3 Å². The van der Waals surface area contributed by atoms with Gasteiger partial charge < -0.3 is 0 Å². The topological polar surface area (TPSA) is 122 Å². The summed E-state index contributed by atoms with van der Waals surface area (Å²) < 4.78 is 0. The van der Waals surface area contributed by atoms with Crippen LogP contribution in [0.3, 0.4) is 0 Å². The van der Waals surface area contributed by atoms with E-state index in [1.807, 2.05) is 10.4 Å². The van der Waals surface area contributed by atoms with Crippen molar-refractivity contribution in [2.75, 3.05) is 0 Å². The molecule has 1 atom stereocenters. The van der Waals surface area contributed by atoms with Gasteiger partial charge in [0, 0.05) is 10.4 Å². The molecule has 8 heteroatoms. The van der Waals surface area contributed by atoms with E-state index in [1.165, 1.54) is 0 Å². The highest BCUT2D eigenvalue weighted by molar-refractivity contribution is 5.88. The summed E-state index contributed by atoms with van der Waals surface area (Å²) >= 11 is 0. The highest BCUT2D eigenvalue weighted by Gasteiger charge is 2.23. The smallest absolute Gasteiger partial charge is 0.269 e. The fourth-order valence-electron chi connectivity index (χ4n) is 0.433. The van der Waals surface area contributed by atoms with Gasteiger partial charge in [0.05, 0.1) is 6.42 Å². The quantitative estimate of drug-likeness (QED) is 0.557. The predicted molar refractivity (Wildman–Crippen MR) is 35.8 cm³/mol.